The Labute approximate surface area is 88.5 Å². The number of hydrogen-bond donors (Lipinski definition) is 1. The van der Waals surface area contributed by atoms with Crippen molar-refractivity contribution in [1.29, 1.82) is 0 Å². The second kappa shape index (κ2) is 4.27. The molecule has 1 saturated heterocycles. The molecule has 0 amide bonds. The van der Waals surface area contributed by atoms with E-state index in [9.17, 15) is 8.78 Å². The Hall–Kier alpha value is -0.960. The van der Waals surface area contributed by atoms with E-state index in [-0.39, 0.29) is 5.92 Å². The van der Waals surface area contributed by atoms with Gasteiger partial charge in [-0.05, 0) is 49.9 Å². The monoisotopic (exact) mass is 211 g/mol. The van der Waals surface area contributed by atoms with Gasteiger partial charge in [-0.2, -0.15) is 0 Å². The predicted octanol–water partition coefficient (Wildman–Crippen LogP) is 2.82. The molecule has 0 aliphatic carbocycles. The quantitative estimate of drug-likeness (QED) is 0.753. The zero-order chi connectivity index (χ0) is 10.8. The minimum absolute atomic E-state index is 0.284. The van der Waals surface area contributed by atoms with E-state index in [1.165, 1.54) is 12.1 Å². The van der Waals surface area contributed by atoms with Crippen LogP contribution >= 0.6 is 0 Å². The molecule has 1 fully saturated rings. The van der Waals surface area contributed by atoms with Gasteiger partial charge < -0.3 is 5.32 Å². The van der Waals surface area contributed by atoms with Gasteiger partial charge in [0, 0.05) is 12.1 Å². The highest BCUT2D eigenvalue weighted by Gasteiger charge is 2.20. The van der Waals surface area contributed by atoms with Crippen LogP contribution in [0.15, 0.2) is 18.2 Å². The zero-order valence-corrected chi connectivity index (χ0v) is 8.76. The van der Waals surface area contributed by atoms with Crippen LogP contribution in [-0.4, -0.2) is 12.6 Å². The van der Waals surface area contributed by atoms with Crippen LogP contribution in [0.1, 0.15) is 31.2 Å². The highest BCUT2D eigenvalue weighted by atomic mass is 19.1. The van der Waals surface area contributed by atoms with Crippen molar-refractivity contribution in [3.05, 3.63) is 35.4 Å². The summed E-state index contributed by atoms with van der Waals surface area (Å²) in [6.45, 7) is 3.02. The summed E-state index contributed by atoms with van der Waals surface area (Å²) >= 11 is 0. The molecule has 1 aliphatic rings. The summed E-state index contributed by atoms with van der Waals surface area (Å²) in [6, 6.07) is 4.25. The van der Waals surface area contributed by atoms with E-state index < -0.39 is 11.6 Å². The van der Waals surface area contributed by atoms with Crippen molar-refractivity contribution in [3.63, 3.8) is 0 Å². The average molecular weight is 211 g/mol. The first kappa shape index (κ1) is 10.6. The molecule has 1 N–H and O–H groups in total. The van der Waals surface area contributed by atoms with Gasteiger partial charge in [0.15, 0.2) is 0 Å². The first-order chi connectivity index (χ1) is 7.15. The van der Waals surface area contributed by atoms with E-state index in [0.717, 1.165) is 31.0 Å². The number of piperidine rings is 1. The number of halogens is 2. The molecule has 0 aromatic heterocycles. The van der Waals surface area contributed by atoms with Crippen molar-refractivity contribution in [2.24, 2.45) is 0 Å². The maximum absolute atomic E-state index is 13.0. The maximum Gasteiger partial charge on any atom is 0.126 e. The van der Waals surface area contributed by atoms with Crippen LogP contribution in [0.3, 0.4) is 0 Å². The molecule has 2 atom stereocenters. The average Bonchev–Trinajstić information content (AvgIpc) is 2.16. The van der Waals surface area contributed by atoms with Gasteiger partial charge in [0.2, 0.25) is 0 Å². The molecule has 1 aliphatic heterocycles. The minimum atomic E-state index is -0.476. The molecule has 82 valence electrons. The maximum atomic E-state index is 13.0. The van der Waals surface area contributed by atoms with E-state index in [1.54, 1.807) is 0 Å². The summed E-state index contributed by atoms with van der Waals surface area (Å²) in [7, 11) is 0. The summed E-state index contributed by atoms with van der Waals surface area (Å²) in [6.07, 6.45) is 1.90. The summed E-state index contributed by atoms with van der Waals surface area (Å²) in [5, 5.41) is 3.32. The van der Waals surface area contributed by atoms with Gasteiger partial charge in [-0.3, -0.25) is 0 Å². The molecule has 15 heavy (non-hydrogen) atoms. The zero-order valence-electron chi connectivity index (χ0n) is 8.76. The fraction of sp³-hybridized carbons (Fsp3) is 0.500. The molecule has 1 heterocycles. The van der Waals surface area contributed by atoms with E-state index >= 15 is 0 Å². The molecule has 0 radical (unpaired) electrons. The lowest BCUT2D eigenvalue weighted by molar-refractivity contribution is 0.379. The lowest BCUT2D eigenvalue weighted by atomic mass is 9.87. The van der Waals surface area contributed by atoms with E-state index in [4.69, 9.17) is 0 Å². The number of hydrogen-bond acceptors (Lipinski definition) is 1. The van der Waals surface area contributed by atoms with E-state index in [0.29, 0.717) is 6.04 Å². The van der Waals surface area contributed by atoms with Gasteiger partial charge in [0.05, 0.1) is 0 Å². The molecule has 1 nitrogen and oxygen atoms in total. The lowest BCUT2D eigenvalue weighted by Crippen LogP contribution is -2.34. The molecule has 3 heteroatoms. The Morgan fingerprint density at radius 2 is 1.87 bits per heavy atom. The molecule has 0 spiro atoms. The molecule has 0 saturated carbocycles. The smallest absolute Gasteiger partial charge is 0.126 e. The fourth-order valence-electron chi connectivity index (χ4n) is 2.25. The lowest BCUT2D eigenvalue weighted by Gasteiger charge is -2.28. The third-order valence-electron chi connectivity index (χ3n) is 2.98. The summed E-state index contributed by atoms with van der Waals surface area (Å²) in [4.78, 5) is 0. The van der Waals surface area contributed by atoms with Crippen molar-refractivity contribution in [1.82, 2.24) is 5.32 Å². The first-order valence-electron chi connectivity index (χ1n) is 5.34. The van der Waals surface area contributed by atoms with Crippen molar-refractivity contribution in [3.8, 4) is 0 Å². The standard InChI is InChI=1S/C12H15F2N/c1-8-4-9(2-3-15-8)10-5-11(13)7-12(14)6-10/h5-9,15H,2-4H2,1H3. The van der Waals surface area contributed by atoms with Gasteiger partial charge in [0.1, 0.15) is 11.6 Å². The molecule has 2 rings (SSSR count). The Kier molecular flexibility index (Phi) is 3.00. The van der Waals surface area contributed by atoms with Crippen molar-refractivity contribution < 1.29 is 8.78 Å². The predicted molar refractivity (Wildman–Crippen MR) is 55.8 cm³/mol. The first-order valence-corrected chi connectivity index (χ1v) is 5.34. The Bertz CT molecular complexity index is 331. The van der Waals surface area contributed by atoms with E-state index in [1.807, 2.05) is 0 Å². The van der Waals surface area contributed by atoms with Crippen molar-refractivity contribution >= 4 is 0 Å². The van der Waals surface area contributed by atoms with Crippen LogP contribution in [0, 0.1) is 11.6 Å². The van der Waals surface area contributed by atoms with E-state index in [2.05, 4.69) is 12.2 Å². The van der Waals surface area contributed by atoms with Gasteiger partial charge in [-0.25, -0.2) is 8.78 Å². The summed E-state index contributed by atoms with van der Waals surface area (Å²) < 4.78 is 26.0. The summed E-state index contributed by atoms with van der Waals surface area (Å²) in [5.41, 5.74) is 0.792. The third kappa shape index (κ3) is 2.53. The molecule has 2 unspecified atom stereocenters. The highest BCUT2D eigenvalue weighted by Crippen LogP contribution is 2.28. The minimum Gasteiger partial charge on any atom is -0.314 e. The van der Waals surface area contributed by atoms with Gasteiger partial charge >= 0.3 is 0 Å². The van der Waals surface area contributed by atoms with Crippen molar-refractivity contribution in [2.75, 3.05) is 6.54 Å². The number of benzene rings is 1. The number of rotatable bonds is 1. The van der Waals surface area contributed by atoms with Crippen LogP contribution in [-0.2, 0) is 0 Å². The van der Waals surface area contributed by atoms with Crippen LogP contribution < -0.4 is 5.32 Å². The Balaban J connectivity index is 2.20. The topological polar surface area (TPSA) is 12.0 Å². The molecule has 1 aromatic rings. The van der Waals surface area contributed by atoms with Crippen molar-refractivity contribution in [2.45, 2.75) is 31.7 Å². The molecule has 1 aromatic carbocycles. The van der Waals surface area contributed by atoms with Gasteiger partial charge in [0.25, 0.3) is 0 Å². The van der Waals surface area contributed by atoms with Crippen LogP contribution in [0.25, 0.3) is 0 Å². The van der Waals surface area contributed by atoms with Crippen LogP contribution in [0.5, 0.6) is 0 Å². The summed E-state index contributed by atoms with van der Waals surface area (Å²) in [5.74, 6) is -0.668. The van der Waals surface area contributed by atoms with Gasteiger partial charge in [-0.1, -0.05) is 0 Å². The third-order valence-corrected chi connectivity index (χ3v) is 2.98. The van der Waals surface area contributed by atoms with Crippen LogP contribution in [0.2, 0.25) is 0 Å². The normalized spacial score (nSPS) is 26.6. The second-order valence-electron chi connectivity index (χ2n) is 4.28. The fourth-order valence-corrected chi connectivity index (χ4v) is 2.25. The second-order valence-corrected chi connectivity index (χ2v) is 4.28. The largest absolute Gasteiger partial charge is 0.314 e. The molecular weight excluding hydrogens is 196 g/mol. The number of nitrogens with one attached hydrogen (secondary N) is 1. The molecule has 0 bridgehead atoms. The van der Waals surface area contributed by atoms with Crippen LogP contribution in [0.4, 0.5) is 8.78 Å². The van der Waals surface area contributed by atoms with Gasteiger partial charge in [-0.15, -0.1) is 0 Å². The Morgan fingerprint density at radius 3 is 2.47 bits per heavy atom. The SMILES string of the molecule is CC1CC(c2cc(F)cc(F)c2)CCN1. The highest BCUT2D eigenvalue weighted by molar-refractivity contribution is 5.22. The molecular formula is C12H15F2N. The Morgan fingerprint density at radius 1 is 1.20 bits per heavy atom.